The lowest BCUT2D eigenvalue weighted by atomic mass is 9.92. The molecular weight excluding hydrogens is 260 g/mol. The highest BCUT2D eigenvalue weighted by atomic mass is 16.5. The highest BCUT2D eigenvalue weighted by molar-refractivity contribution is 5.89. The van der Waals surface area contributed by atoms with Crippen LogP contribution < -0.4 is 4.74 Å². The molecule has 0 aliphatic carbocycles. The topological polar surface area (TPSA) is 26.3 Å². The fourth-order valence-corrected chi connectivity index (χ4v) is 2.77. The van der Waals surface area contributed by atoms with Gasteiger partial charge in [0.2, 0.25) is 0 Å². The number of hydrogen-bond acceptors (Lipinski definition) is 2. The van der Waals surface area contributed by atoms with E-state index in [-0.39, 0.29) is 11.7 Å². The summed E-state index contributed by atoms with van der Waals surface area (Å²) in [5.41, 5.74) is 3.41. The van der Waals surface area contributed by atoms with Gasteiger partial charge in [-0.15, -0.1) is 0 Å². The summed E-state index contributed by atoms with van der Waals surface area (Å²) >= 11 is 0. The Morgan fingerprint density at radius 3 is 2.57 bits per heavy atom. The third-order valence-electron chi connectivity index (χ3n) is 4.11. The van der Waals surface area contributed by atoms with Crippen molar-refractivity contribution in [2.45, 2.75) is 32.1 Å². The Hall–Kier alpha value is -2.09. The van der Waals surface area contributed by atoms with E-state index in [4.69, 9.17) is 4.74 Å². The lowest BCUT2D eigenvalue weighted by Crippen LogP contribution is -2.16. The number of ketones is 1. The van der Waals surface area contributed by atoms with Gasteiger partial charge in [0, 0.05) is 12.0 Å². The molecule has 2 nitrogen and oxygen atoms in total. The van der Waals surface area contributed by atoms with E-state index in [9.17, 15) is 4.79 Å². The van der Waals surface area contributed by atoms with Gasteiger partial charge in [0.15, 0.2) is 0 Å². The Balaban J connectivity index is 1.73. The summed E-state index contributed by atoms with van der Waals surface area (Å²) in [6.45, 7) is 4.82. The maximum atomic E-state index is 12.5. The predicted octanol–water partition coefficient (Wildman–Crippen LogP) is 4.10. The third kappa shape index (κ3) is 2.85. The van der Waals surface area contributed by atoms with Gasteiger partial charge in [0.05, 0.1) is 5.92 Å². The number of fused-ring (bicyclic) bond motifs is 1. The van der Waals surface area contributed by atoms with Crippen LogP contribution in [0.3, 0.4) is 0 Å². The second kappa shape index (κ2) is 5.72. The van der Waals surface area contributed by atoms with Gasteiger partial charge in [-0.05, 0) is 23.1 Å². The van der Waals surface area contributed by atoms with Gasteiger partial charge in [-0.1, -0.05) is 56.3 Å². The van der Waals surface area contributed by atoms with Crippen molar-refractivity contribution in [3.05, 3.63) is 65.2 Å². The molecular formula is C19H20O2. The summed E-state index contributed by atoms with van der Waals surface area (Å²) in [7, 11) is 0. The van der Waals surface area contributed by atoms with Crippen LogP contribution in [0.15, 0.2) is 48.5 Å². The largest absolute Gasteiger partial charge is 0.492 e. The van der Waals surface area contributed by atoms with Gasteiger partial charge in [-0.2, -0.15) is 0 Å². The van der Waals surface area contributed by atoms with Gasteiger partial charge >= 0.3 is 0 Å². The standard InChI is InChI=1S/C19H20O2/c1-13(2)15-9-7-14(8-10-15)11-18(20)17-12-21-19-6-4-3-5-16(17)19/h3-10,13,17H,11-12H2,1-2H3. The van der Waals surface area contributed by atoms with E-state index < -0.39 is 0 Å². The van der Waals surface area contributed by atoms with Crippen LogP contribution >= 0.6 is 0 Å². The normalized spacial score (nSPS) is 16.6. The van der Waals surface area contributed by atoms with Gasteiger partial charge in [-0.25, -0.2) is 0 Å². The lowest BCUT2D eigenvalue weighted by molar-refractivity contribution is -0.120. The fraction of sp³-hybridized carbons (Fsp3) is 0.316. The summed E-state index contributed by atoms with van der Waals surface area (Å²) in [5, 5.41) is 0. The minimum atomic E-state index is -0.119. The molecule has 1 unspecified atom stereocenters. The van der Waals surface area contributed by atoms with Crippen molar-refractivity contribution in [1.29, 1.82) is 0 Å². The highest BCUT2D eigenvalue weighted by Crippen LogP contribution is 2.34. The Morgan fingerprint density at radius 1 is 1.14 bits per heavy atom. The summed E-state index contributed by atoms with van der Waals surface area (Å²) < 4.78 is 5.60. The molecule has 0 amide bonds. The molecule has 0 N–H and O–H groups in total. The van der Waals surface area contributed by atoms with Crippen LogP contribution in [0.1, 0.15) is 42.4 Å². The molecule has 2 heteroatoms. The van der Waals surface area contributed by atoms with E-state index in [2.05, 4.69) is 38.1 Å². The first-order valence-electron chi connectivity index (χ1n) is 7.48. The number of hydrogen-bond donors (Lipinski definition) is 0. The average molecular weight is 280 g/mol. The van der Waals surface area contributed by atoms with Crippen LogP contribution in [0.5, 0.6) is 5.75 Å². The van der Waals surface area contributed by atoms with E-state index in [0.717, 1.165) is 16.9 Å². The Labute approximate surface area is 125 Å². The molecule has 0 aromatic heterocycles. The van der Waals surface area contributed by atoms with Crippen LogP contribution in [0.4, 0.5) is 0 Å². The van der Waals surface area contributed by atoms with Gasteiger partial charge in [0.1, 0.15) is 18.1 Å². The second-order valence-corrected chi connectivity index (χ2v) is 5.94. The molecule has 0 radical (unpaired) electrons. The molecule has 0 saturated heterocycles. The minimum Gasteiger partial charge on any atom is -0.492 e. The SMILES string of the molecule is CC(C)c1ccc(CC(=O)C2COc3ccccc32)cc1. The summed E-state index contributed by atoms with van der Waals surface area (Å²) in [5.74, 6) is 1.49. The molecule has 0 bridgehead atoms. The van der Waals surface area contributed by atoms with E-state index in [1.165, 1.54) is 5.56 Å². The van der Waals surface area contributed by atoms with Gasteiger partial charge < -0.3 is 4.74 Å². The van der Waals surface area contributed by atoms with Crippen molar-refractivity contribution in [3.63, 3.8) is 0 Å². The third-order valence-corrected chi connectivity index (χ3v) is 4.11. The quantitative estimate of drug-likeness (QED) is 0.843. The van der Waals surface area contributed by atoms with Crippen molar-refractivity contribution < 1.29 is 9.53 Å². The zero-order valence-corrected chi connectivity index (χ0v) is 12.5. The van der Waals surface area contributed by atoms with Crippen molar-refractivity contribution in [3.8, 4) is 5.75 Å². The molecule has 2 aromatic carbocycles. The average Bonchev–Trinajstić information content (AvgIpc) is 2.92. The molecule has 1 aliphatic rings. The summed E-state index contributed by atoms with van der Waals surface area (Å²) in [6.07, 6.45) is 0.473. The number of carbonyl (C=O) groups is 1. The zero-order valence-electron chi connectivity index (χ0n) is 12.5. The molecule has 1 heterocycles. The first-order valence-corrected chi connectivity index (χ1v) is 7.48. The molecule has 1 atom stereocenters. The number of Topliss-reactive ketones (excluding diaryl/α,β-unsaturated/α-hetero) is 1. The first kappa shape index (κ1) is 13.9. The molecule has 108 valence electrons. The van der Waals surface area contributed by atoms with Crippen molar-refractivity contribution in [2.75, 3.05) is 6.61 Å². The van der Waals surface area contributed by atoms with Crippen LogP contribution in [-0.4, -0.2) is 12.4 Å². The van der Waals surface area contributed by atoms with Crippen LogP contribution in [0.2, 0.25) is 0 Å². The summed E-state index contributed by atoms with van der Waals surface area (Å²) in [6, 6.07) is 16.2. The molecule has 2 aromatic rings. The maximum absolute atomic E-state index is 12.5. The van der Waals surface area contributed by atoms with Crippen LogP contribution in [0.25, 0.3) is 0 Å². The molecule has 0 spiro atoms. The van der Waals surface area contributed by atoms with Crippen molar-refractivity contribution in [2.24, 2.45) is 0 Å². The number of rotatable bonds is 4. The van der Waals surface area contributed by atoms with Crippen LogP contribution in [0, 0.1) is 0 Å². The Bertz CT molecular complexity index is 641. The fourth-order valence-electron chi connectivity index (χ4n) is 2.77. The Morgan fingerprint density at radius 2 is 1.86 bits per heavy atom. The smallest absolute Gasteiger partial charge is 0.148 e. The van der Waals surface area contributed by atoms with Crippen molar-refractivity contribution in [1.82, 2.24) is 0 Å². The first-order chi connectivity index (χ1) is 10.1. The molecule has 0 saturated carbocycles. The number of para-hydroxylation sites is 1. The van der Waals surface area contributed by atoms with Crippen LogP contribution in [-0.2, 0) is 11.2 Å². The number of benzene rings is 2. The number of ether oxygens (including phenoxy) is 1. The van der Waals surface area contributed by atoms with E-state index in [1.807, 2.05) is 24.3 Å². The molecule has 0 fully saturated rings. The monoisotopic (exact) mass is 280 g/mol. The molecule has 1 aliphatic heterocycles. The maximum Gasteiger partial charge on any atom is 0.148 e. The lowest BCUT2D eigenvalue weighted by Gasteiger charge is -2.09. The summed E-state index contributed by atoms with van der Waals surface area (Å²) in [4.78, 5) is 12.5. The highest BCUT2D eigenvalue weighted by Gasteiger charge is 2.29. The van der Waals surface area contributed by atoms with Gasteiger partial charge in [0.25, 0.3) is 0 Å². The predicted molar refractivity (Wildman–Crippen MR) is 83.9 cm³/mol. The van der Waals surface area contributed by atoms with Crippen molar-refractivity contribution >= 4 is 5.78 Å². The van der Waals surface area contributed by atoms with E-state index >= 15 is 0 Å². The van der Waals surface area contributed by atoms with Gasteiger partial charge in [-0.3, -0.25) is 4.79 Å². The number of carbonyl (C=O) groups excluding carboxylic acids is 1. The van der Waals surface area contributed by atoms with E-state index in [0.29, 0.717) is 18.9 Å². The second-order valence-electron chi connectivity index (χ2n) is 5.94. The Kier molecular flexibility index (Phi) is 3.78. The zero-order chi connectivity index (χ0) is 14.8. The molecule has 3 rings (SSSR count). The molecule has 21 heavy (non-hydrogen) atoms. The van der Waals surface area contributed by atoms with E-state index in [1.54, 1.807) is 0 Å². The minimum absolute atomic E-state index is 0.119.